The number of esters is 1. The predicted octanol–water partition coefficient (Wildman–Crippen LogP) is 1.04. The van der Waals surface area contributed by atoms with Gasteiger partial charge in [-0.2, -0.15) is 4.31 Å². The molecule has 2 heterocycles. The SMILES string of the molecule is CCOC(=O)c1cc(S(=O)(=O)N(C)CC(=O)NCc2ccc(C)o2)cn1C. The first-order valence-electron chi connectivity index (χ1n) is 8.27. The van der Waals surface area contributed by atoms with Crippen LogP contribution < -0.4 is 5.32 Å². The molecule has 1 amide bonds. The van der Waals surface area contributed by atoms with E-state index in [0.717, 1.165) is 10.1 Å². The van der Waals surface area contributed by atoms with E-state index in [9.17, 15) is 18.0 Å². The van der Waals surface area contributed by atoms with Crippen molar-refractivity contribution in [2.24, 2.45) is 7.05 Å². The van der Waals surface area contributed by atoms with Crippen molar-refractivity contribution in [1.82, 2.24) is 14.2 Å². The number of nitrogens with one attached hydrogen (secondary N) is 1. The summed E-state index contributed by atoms with van der Waals surface area (Å²) in [5, 5.41) is 2.60. The van der Waals surface area contributed by atoms with Crippen molar-refractivity contribution in [2.75, 3.05) is 20.2 Å². The van der Waals surface area contributed by atoms with Gasteiger partial charge in [0.25, 0.3) is 0 Å². The molecule has 27 heavy (non-hydrogen) atoms. The van der Waals surface area contributed by atoms with Crippen molar-refractivity contribution in [3.63, 3.8) is 0 Å². The number of nitrogens with zero attached hydrogens (tertiary/aromatic N) is 2. The summed E-state index contributed by atoms with van der Waals surface area (Å²) >= 11 is 0. The van der Waals surface area contributed by atoms with E-state index in [-0.39, 0.29) is 30.3 Å². The highest BCUT2D eigenvalue weighted by atomic mass is 32.2. The van der Waals surface area contributed by atoms with Gasteiger partial charge in [0.15, 0.2) is 0 Å². The molecular formula is C17H23N3O6S. The smallest absolute Gasteiger partial charge is 0.354 e. The molecular weight excluding hydrogens is 374 g/mol. The molecule has 0 bridgehead atoms. The molecule has 0 saturated carbocycles. The van der Waals surface area contributed by atoms with Crippen LogP contribution in [0, 0.1) is 6.92 Å². The summed E-state index contributed by atoms with van der Waals surface area (Å²) in [7, 11) is -1.10. The van der Waals surface area contributed by atoms with Crippen molar-refractivity contribution in [3.8, 4) is 0 Å². The van der Waals surface area contributed by atoms with Crippen LogP contribution in [0.25, 0.3) is 0 Å². The minimum Gasteiger partial charge on any atom is -0.465 e. The number of sulfonamides is 1. The number of amides is 1. The fourth-order valence-electron chi connectivity index (χ4n) is 2.37. The Morgan fingerprint density at radius 1 is 1.33 bits per heavy atom. The molecule has 0 atom stereocenters. The van der Waals surface area contributed by atoms with Gasteiger partial charge < -0.3 is 19.0 Å². The molecule has 9 nitrogen and oxygen atoms in total. The second-order valence-electron chi connectivity index (χ2n) is 5.94. The number of hydrogen-bond acceptors (Lipinski definition) is 6. The summed E-state index contributed by atoms with van der Waals surface area (Å²) in [5.74, 6) is 0.209. The molecule has 0 saturated heterocycles. The topological polar surface area (TPSA) is 111 Å². The van der Waals surface area contributed by atoms with Crippen LogP contribution in [0.5, 0.6) is 0 Å². The van der Waals surface area contributed by atoms with Gasteiger partial charge in [-0.05, 0) is 32.0 Å². The van der Waals surface area contributed by atoms with E-state index in [1.807, 2.05) is 0 Å². The van der Waals surface area contributed by atoms with Crippen LogP contribution in [0.1, 0.15) is 28.9 Å². The highest BCUT2D eigenvalue weighted by molar-refractivity contribution is 7.89. The van der Waals surface area contributed by atoms with Crippen molar-refractivity contribution in [2.45, 2.75) is 25.3 Å². The Morgan fingerprint density at radius 3 is 2.63 bits per heavy atom. The summed E-state index contributed by atoms with van der Waals surface area (Å²) in [5.41, 5.74) is 0.112. The van der Waals surface area contributed by atoms with E-state index >= 15 is 0 Å². The molecule has 148 valence electrons. The van der Waals surface area contributed by atoms with Gasteiger partial charge in [0.05, 0.1) is 19.7 Å². The van der Waals surface area contributed by atoms with E-state index in [4.69, 9.17) is 9.15 Å². The zero-order valence-corrected chi connectivity index (χ0v) is 16.5. The maximum atomic E-state index is 12.7. The summed E-state index contributed by atoms with van der Waals surface area (Å²) in [6, 6.07) is 4.74. The van der Waals surface area contributed by atoms with Gasteiger partial charge in [-0.25, -0.2) is 13.2 Å². The third kappa shape index (κ3) is 4.98. The summed E-state index contributed by atoms with van der Waals surface area (Å²) in [6.45, 7) is 3.43. The van der Waals surface area contributed by atoms with E-state index in [0.29, 0.717) is 5.76 Å². The number of aryl methyl sites for hydroxylation is 2. The number of carbonyl (C=O) groups excluding carboxylic acids is 2. The Morgan fingerprint density at radius 2 is 2.04 bits per heavy atom. The first kappa shape index (κ1) is 20.7. The van der Waals surface area contributed by atoms with Gasteiger partial charge in [-0.15, -0.1) is 0 Å². The first-order valence-corrected chi connectivity index (χ1v) is 9.71. The van der Waals surface area contributed by atoms with E-state index < -0.39 is 21.9 Å². The van der Waals surface area contributed by atoms with E-state index in [1.165, 1.54) is 23.9 Å². The minimum absolute atomic E-state index is 0.0926. The van der Waals surface area contributed by atoms with Crippen LogP contribution in [0.15, 0.2) is 33.7 Å². The molecule has 1 N–H and O–H groups in total. The maximum absolute atomic E-state index is 12.7. The van der Waals surface area contributed by atoms with Gasteiger partial charge in [0.1, 0.15) is 22.1 Å². The lowest BCUT2D eigenvalue weighted by Gasteiger charge is -2.15. The number of ether oxygens (including phenoxy) is 1. The number of aromatic nitrogens is 1. The average Bonchev–Trinajstić information content (AvgIpc) is 3.19. The van der Waals surface area contributed by atoms with E-state index in [1.54, 1.807) is 33.0 Å². The molecule has 0 fully saturated rings. The van der Waals surface area contributed by atoms with Crippen molar-refractivity contribution in [3.05, 3.63) is 41.6 Å². The van der Waals surface area contributed by atoms with Gasteiger partial charge in [0, 0.05) is 20.3 Å². The van der Waals surface area contributed by atoms with Crippen molar-refractivity contribution < 1.29 is 27.2 Å². The zero-order valence-electron chi connectivity index (χ0n) is 15.7. The average molecular weight is 397 g/mol. The highest BCUT2D eigenvalue weighted by Gasteiger charge is 2.26. The Hall–Kier alpha value is -2.59. The lowest BCUT2D eigenvalue weighted by Crippen LogP contribution is -2.37. The number of likely N-dealkylation sites (N-methyl/N-ethyl adjacent to an activating group) is 1. The molecule has 0 unspecified atom stereocenters. The zero-order chi connectivity index (χ0) is 20.2. The molecule has 2 aromatic rings. The first-order chi connectivity index (χ1) is 12.6. The Kier molecular flexibility index (Phi) is 6.45. The van der Waals surface area contributed by atoms with Crippen LogP contribution in [0.4, 0.5) is 0 Å². The summed E-state index contributed by atoms with van der Waals surface area (Å²) in [4.78, 5) is 23.8. The van der Waals surface area contributed by atoms with Crippen LogP contribution in [0.3, 0.4) is 0 Å². The molecule has 0 aliphatic rings. The summed E-state index contributed by atoms with van der Waals surface area (Å²) < 4.78 is 37.8. The lowest BCUT2D eigenvalue weighted by molar-refractivity contribution is -0.121. The largest absolute Gasteiger partial charge is 0.465 e. The lowest BCUT2D eigenvalue weighted by atomic mass is 10.4. The Labute approximate surface area is 157 Å². The molecule has 0 aromatic carbocycles. The molecule has 0 radical (unpaired) electrons. The number of carbonyl (C=O) groups is 2. The van der Waals surface area contributed by atoms with Gasteiger partial charge in [-0.1, -0.05) is 0 Å². The van der Waals surface area contributed by atoms with Crippen LogP contribution >= 0.6 is 0 Å². The highest BCUT2D eigenvalue weighted by Crippen LogP contribution is 2.18. The maximum Gasteiger partial charge on any atom is 0.354 e. The number of rotatable bonds is 8. The second kappa shape index (κ2) is 8.40. The molecule has 0 spiro atoms. The minimum atomic E-state index is -3.94. The third-order valence-electron chi connectivity index (χ3n) is 3.79. The van der Waals surface area contributed by atoms with Gasteiger partial charge >= 0.3 is 5.97 Å². The standard InChI is InChI=1S/C17H23N3O6S/c1-5-25-17(22)15-8-14(10-19(15)3)27(23,24)20(4)11-16(21)18-9-13-7-6-12(2)26-13/h6-8,10H,5,9,11H2,1-4H3,(H,18,21). The predicted molar refractivity (Wildman–Crippen MR) is 96.5 cm³/mol. The molecule has 0 aliphatic carbocycles. The normalized spacial score (nSPS) is 11.6. The summed E-state index contributed by atoms with van der Waals surface area (Å²) in [6.07, 6.45) is 1.31. The molecule has 0 aliphatic heterocycles. The Bertz CT molecular complexity index is 928. The van der Waals surface area contributed by atoms with Gasteiger partial charge in [0.2, 0.25) is 15.9 Å². The fourth-order valence-corrected chi connectivity index (χ4v) is 3.57. The van der Waals surface area contributed by atoms with Crippen LogP contribution in [-0.4, -0.2) is 49.4 Å². The quantitative estimate of drug-likeness (QED) is 0.667. The fraction of sp³-hybridized carbons (Fsp3) is 0.412. The third-order valence-corrected chi connectivity index (χ3v) is 5.56. The molecule has 10 heteroatoms. The number of furan rings is 1. The van der Waals surface area contributed by atoms with Gasteiger partial charge in [-0.3, -0.25) is 4.79 Å². The Balaban J connectivity index is 2.03. The monoisotopic (exact) mass is 397 g/mol. The molecule has 2 rings (SSSR count). The second-order valence-corrected chi connectivity index (χ2v) is 7.99. The number of hydrogen-bond donors (Lipinski definition) is 1. The van der Waals surface area contributed by atoms with Crippen molar-refractivity contribution >= 4 is 21.9 Å². The van der Waals surface area contributed by atoms with Crippen LogP contribution in [-0.2, 0) is 33.1 Å². The van der Waals surface area contributed by atoms with E-state index in [2.05, 4.69) is 5.32 Å². The molecule has 2 aromatic heterocycles. The van der Waals surface area contributed by atoms with Crippen molar-refractivity contribution in [1.29, 1.82) is 0 Å². The van der Waals surface area contributed by atoms with Crippen LogP contribution in [0.2, 0.25) is 0 Å².